The maximum atomic E-state index is 12.8. The SMILES string of the molecule is O=C([C@H]1[C@@H]2CN(c3nc(Nc4cc(C5CC5)[nH]n4)c4sccc4n3)C[C@@H]21)N1CCCC1. The van der Waals surface area contributed by atoms with Crippen LogP contribution in [0.3, 0.4) is 0 Å². The Morgan fingerprint density at radius 3 is 2.74 bits per heavy atom. The number of carbonyl (C=O) groups excluding carboxylic acids is 1. The van der Waals surface area contributed by atoms with E-state index in [2.05, 4.69) is 36.8 Å². The molecule has 5 heterocycles. The minimum absolute atomic E-state index is 0.224. The van der Waals surface area contributed by atoms with Crippen LogP contribution in [0.1, 0.15) is 37.3 Å². The molecule has 2 N–H and O–H groups in total. The predicted molar refractivity (Wildman–Crippen MR) is 120 cm³/mol. The lowest BCUT2D eigenvalue weighted by Gasteiger charge is -2.22. The van der Waals surface area contributed by atoms with E-state index < -0.39 is 0 Å². The highest BCUT2D eigenvalue weighted by Gasteiger charge is 2.60. The molecule has 1 amide bonds. The van der Waals surface area contributed by atoms with E-state index in [1.54, 1.807) is 11.3 Å². The third-order valence-electron chi connectivity index (χ3n) is 7.33. The molecule has 2 aliphatic heterocycles. The largest absolute Gasteiger partial charge is 0.342 e. The molecule has 2 saturated carbocycles. The van der Waals surface area contributed by atoms with Gasteiger partial charge >= 0.3 is 0 Å². The summed E-state index contributed by atoms with van der Waals surface area (Å²) in [4.78, 5) is 26.8. The number of fused-ring (bicyclic) bond motifs is 2. The second-order valence-electron chi connectivity index (χ2n) is 9.41. The van der Waals surface area contributed by atoms with Gasteiger partial charge in [-0.05, 0) is 49.0 Å². The van der Waals surface area contributed by atoms with E-state index in [0.29, 0.717) is 23.7 Å². The number of nitrogens with zero attached hydrogens (tertiary/aromatic N) is 5. The minimum atomic E-state index is 0.224. The van der Waals surface area contributed by atoms with Crippen molar-refractivity contribution in [3.8, 4) is 0 Å². The number of thiophene rings is 1. The van der Waals surface area contributed by atoms with Crippen molar-refractivity contribution in [2.75, 3.05) is 36.4 Å². The molecule has 0 radical (unpaired) electrons. The first-order chi connectivity index (χ1) is 15.2. The van der Waals surface area contributed by atoms with Gasteiger partial charge in [0.2, 0.25) is 11.9 Å². The van der Waals surface area contributed by atoms with Crippen molar-refractivity contribution < 1.29 is 4.79 Å². The smallest absolute Gasteiger partial charge is 0.227 e. The molecular formula is C22H25N7OS. The molecule has 0 unspecified atom stereocenters. The Bertz CT molecular complexity index is 1150. The molecule has 31 heavy (non-hydrogen) atoms. The highest BCUT2D eigenvalue weighted by atomic mass is 32.1. The lowest BCUT2D eigenvalue weighted by atomic mass is 10.2. The van der Waals surface area contributed by atoms with Gasteiger partial charge in [0.25, 0.3) is 0 Å². The summed E-state index contributed by atoms with van der Waals surface area (Å²) in [6.07, 6.45) is 4.80. The number of likely N-dealkylation sites (tertiary alicyclic amines) is 1. The maximum absolute atomic E-state index is 12.8. The maximum Gasteiger partial charge on any atom is 0.227 e. The molecule has 2 saturated heterocycles. The van der Waals surface area contributed by atoms with Crippen molar-refractivity contribution >= 4 is 45.0 Å². The van der Waals surface area contributed by atoms with E-state index in [0.717, 1.165) is 66.8 Å². The van der Waals surface area contributed by atoms with Crippen molar-refractivity contribution in [3.63, 3.8) is 0 Å². The Balaban J connectivity index is 1.11. The van der Waals surface area contributed by atoms with Crippen LogP contribution in [0.2, 0.25) is 0 Å². The molecule has 3 atom stereocenters. The summed E-state index contributed by atoms with van der Waals surface area (Å²) in [5.74, 6) is 4.54. The summed E-state index contributed by atoms with van der Waals surface area (Å²) >= 11 is 1.64. The van der Waals surface area contributed by atoms with Crippen LogP contribution in [0.25, 0.3) is 10.2 Å². The zero-order chi connectivity index (χ0) is 20.5. The topological polar surface area (TPSA) is 90.0 Å². The number of hydrogen-bond donors (Lipinski definition) is 2. The van der Waals surface area contributed by atoms with E-state index >= 15 is 0 Å². The number of carbonyl (C=O) groups is 1. The van der Waals surface area contributed by atoms with Gasteiger partial charge in [0.1, 0.15) is 0 Å². The Kier molecular flexibility index (Phi) is 3.85. The second kappa shape index (κ2) is 6.66. The quantitative estimate of drug-likeness (QED) is 0.639. The average molecular weight is 436 g/mol. The Morgan fingerprint density at radius 1 is 1.16 bits per heavy atom. The predicted octanol–water partition coefficient (Wildman–Crippen LogP) is 3.34. The van der Waals surface area contributed by atoms with E-state index in [9.17, 15) is 4.79 Å². The third-order valence-corrected chi connectivity index (χ3v) is 8.24. The molecule has 0 bridgehead atoms. The number of hydrogen-bond acceptors (Lipinski definition) is 7. The first-order valence-corrected chi connectivity index (χ1v) is 12.2. The van der Waals surface area contributed by atoms with Crippen LogP contribution >= 0.6 is 11.3 Å². The van der Waals surface area contributed by atoms with Gasteiger partial charge < -0.3 is 15.1 Å². The van der Waals surface area contributed by atoms with Crippen LogP contribution in [-0.4, -0.2) is 57.2 Å². The van der Waals surface area contributed by atoms with Crippen LogP contribution < -0.4 is 10.2 Å². The molecule has 9 heteroatoms. The molecular weight excluding hydrogens is 410 g/mol. The average Bonchev–Trinajstić information content (AvgIpc) is 3.37. The first kappa shape index (κ1) is 17.9. The van der Waals surface area contributed by atoms with E-state index in [4.69, 9.17) is 9.97 Å². The van der Waals surface area contributed by atoms with Crippen molar-refractivity contribution in [2.24, 2.45) is 17.8 Å². The van der Waals surface area contributed by atoms with E-state index in [1.165, 1.54) is 18.5 Å². The van der Waals surface area contributed by atoms with Gasteiger partial charge in [-0.3, -0.25) is 9.89 Å². The number of nitrogens with one attached hydrogen (secondary N) is 2. The lowest BCUT2D eigenvalue weighted by Crippen LogP contribution is -2.34. The number of amides is 1. The lowest BCUT2D eigenvalue weighted by molar-refractivity contribution is -0.132. The third kappa shape index (κ3) is 3.01. The molecule has 3 aromatic rings. The summed E-state index contributed by atoms with van der Waals surface area (Å²) in [5, 5.41) is 13.1. The monoisotopic (exact) mass is 435 g/mol. The fourth-order valence-electron chi connectivity index (χ4n) is 5.41. The van der Waals surface area contributed by atoms with Gasteiger partial charge in [0.05, 0.1) is 10.2 Å². The number of rotatable bonds is 5. The molecule has 8 nitrogen and oxygen atoms in total. The highest BCUT2D eigenvalue weighted by molar-refractivity contribution is 7.17. The van der Waals surface area contributed by atoms with Crippen molar-refractivity contribution in [3.05, 3.63) is 23.2 Å². The van der Waals surface area contributed by atoms with Crippen LogP contribution in [0.5, 0.6) is 0 Å². The number of aromatic amines is 1. The van der Waals surface area contributed by atoms with Gasteiger partial charge in [-0.2, -0.15) is 10.1 Å². The van der Waals surface area contributed by atoms with Gasteiger partial charge in [-0.25, -0.2) is 4.98 Å². The summed E-state index contributed by atoms with van der Waals surface area (Å²) in [6, 6.07) is 4.14. The first-order valence-electron chi connectivity index (χ1n) is 11.4. The molecule has 2 aliphatic carbocycles. The molecule has 0 spiro atoms. The molecule has 7 rings (SSSR count). The Morgan fingerprint density at radius 2 is 1.97 bits per heavy atom. The fraction of sp³-hybridized carbons (Fsp3) is 0.545. The summed E-state index contributed by atoms with van der Waals surface area (Å²) in [7, 11) is 0. The molecule has 160 valence electrons. The second-order valence-corrected chi connectivity index (χ2v) is 10.3. The van der Waals surface area contributed by atoms with Gasteiger partial charge in [0.15, 0.2) is 11.6 Å². The fourth-order valence-corrected chi connectivity index (χ4v) is 6.18. The zero-order valence-corrected chi connectivity index (χ0v) is 18.1. The summed E-state index contributed by atoms with van der Waals surface area (Å²) < 4.78 is 1.05. The Labute approximate surface area is 184 Å². The molecule has 0 aromatic carbocycles. The number of aromatic nitrogens is 4. The number of piperidine rings is 1. The summed E-state index contributed by atoms with van der Waals surface area (Å²) in [5.41, 5.74) is 2.16. The van der Waals surface area contributed by atoms with Crippen LogP contribution in [-0.2, 0) is 4.79 Å². The van der Waals surface area contributed by atoms with Crippen LogP contribution in [0.15, 0.2) is 17.5 Å². The van der Waals surface area contributed by atoms with Crippen molar-refractivity contribution in [2.45, 2.75) is 31.6 Å². The van der Waals surface area contributed by atoms with Crippen LogP contribution in [0.4, 0.5) is 17.6 Å². The minimum Gasteiger partial charge on any atom is -0.342 e. The van der Waals surface area contributed by atoms with Gasteiger partial charge in [-0.1, -0.05) is 0 Å². The van der Waals surface area contributed by atoms with Crippen molar-refractivity contribution in [1.29, 1.82) is 0 Å². The molecule has 4 fully saturated rings. The molecule has 4 aliphatic rings. The van der Waals surface area contributed by atoms with Gasteiger partial charge in [0, 0.05) is 49.8 Å². The van der Waals surface area contributed by atoms with E-state index in [-0.39, 0.29) is 5.92 Å². The standard InChI is InChI=1S/C22H25N7OS/c30-21(28-6-1-2-7-28)18-13-10-29(11-14(13)18)22-23-15-5-8-31-19(15)20(25-22)24-17-9-16(26-27-17)12-3-4-12/h5,8-9,12-14,18H,1-4,6-7,10-11H2,(H2,23,24,25,26,27)/t13-,14+,18+. The highest BCUT2D eigenvalue weighted by Crippen LogP contribution is 2.53. The van der Waals surface area contributed by atoms with Gasteiger partial charge in [-0.15, -0.1) is 11.3 Å². The zero-order valence-electron chi connectivity index (χ0n) is 17.3. The molecule has 3 aromatic heterocycles. The van der Waals surface area contributed by atoms with E-state index in [1.807, 2.05) is 6.07 Å². The number of anilines is 3. The normalized spacial score (nSPS) is 27.2. The number of H-pyrrole nitrogens is 1. The van der Waals surface area contributed by atoms with Crippen LogP contribution in [0, 0.1) is 17.8 Å². The van der Waals surface area contributed by atoms with Crippen molar-refractivity contribution in [1.82, 2.24) is 25.1 Å². The summed E-state index contributed by atoms with van der Waals surface area (Å²) in [6.45, 7) is 3.64. The Hall–Kier alpha value is -2.68.